The van der Waals surface area contributed by atoms with Crippen molar-refractivity contribution in [2.24, 2.45) is 5.92 Å². The van der Waals surface area contributed by atoms with E-state index in [4.69, 9.17) is 16.3 Å². The van der Waals surface area contributed by atoms with Gasteiger partial charge in [-0.05, 0) is 48.9 Å². The quantitative estimate of drug-likeness (QED) is 0.907. The predicted octanol–water partition coefficient (Wildman–Crippen LogP) is 3.65. The van der Waals surface area contributed by atoms with Crippen molar-refractivity contribution < 1.29 is 14.3 Å². The van der Waals surface area contributed by atoms with Gasteiger partial charge in [0.25, 0.3) is 0 Å². The number of nitrogens with one attached hydrogen (secondary N) is 1. The molecular formula is C19H19ClN2O3. The van der Waals surface area contributed by atoms with E-state index in [2.05, 4.69) is 5.32 Å². The van der Waals surface area contributed by atoms with E-state index < -0.39 is 5.92 Å². The fraction of sp³-hybridized carbons (Fsp3) is 0.263. The van der Waals surface area contributed by atoms with Gasteiger partial charge in [0, 0.05) is 29.4 Å². The number of aryl methyl sites for hydroxylation is 1. The molecule has 1 aliphatic rings. The molecule has 5 nitrogen and oxygen atoms in total. The van der Waals surface area contributed by atoms with Gasteiger partial charge in [0.1, 0.15) is 5.75 Å². The Bertz CT molecular complexity index is 805. The lowest BCUT2D eigenvalue weighted by atomic mass is 10.1. The fourth-order valence-corrected chi connectivity index (χ4v) is 3.03. The van der Waals surface area contributed by atoms with E-state index in [0.29, 0.717) is 17.3 Å². The van der Waals surface area contributed by atoms with Gasteiger partial charge in [0.2, 0.25) is 11.8 Å². The molecule has 0 bridgehead atoms. The number of carbonyl (C=O) groups excluding carboxylic acids is 2. The maximum Gasteiger partial charge on any atom is 0.229 e. The maximum absolute atomic E-state index is 12.5. The Balaban J connectivity index is 1.70. The van der Waals surface area contributed by atoms with Crippen molar-refractivity contribution in [1.29, 1.82) is 0 Å². The first-order valence-electron chi connectivity index (χ1n) is 7.99. The second kappa shape index (κ2) is 7.15. The van der Waals surface area contributed by atoms with Crippen LogP contribution in [0.2, 0.25) is 5.02 Å². The zero-order valence-corrected chi connectivity index (χ0v) is 14.8. The second-order valence-electron chi connectivity index (χ2n) is 6.05. The lowest BCUT2D eigenvalue weighted by Crippen LogP contribution is -2.28. The number of carbonyl (C=O) groups is 2. The average molecular weight is 359 g/mol. The number of halogens is 1. The van der Waals surface area contributed by atoms with Crippen LogP contribution in [0.25, 0.3) is 0 Å². The van der Waals surface area contributed by atoms with Crippen molar-refractivity contribution in [3.8, 4) is 5.75 Å². The first-order chi connectivity index (χ1) is 12.0. The highest BCUT2D eigenvalue weighted by molar-refractivity contribution is 6.31. The van der Waals surface area contributed by atoms with E-state index in [1.54, 1.807) is 36.3 Å². The second-order valence-corrected chi connectivity index (χ2v) is 6.49. The summed E-state index contributed by atoms with van der Waals surface area (Å²) >= 11 is 5.99. The van der Waals surface area contributed by atoms with Gasteiger partial charge >= 0.3 is 0 Å². The monoisotopic (exact) mass is 358 g/mol. The highest BCUT2D eigenvalue weighted by atomic mass is 35.5. The van der Waals surface area contributed by atoms with Crippen LogP contribution >= 0.6 is 11.6 Å². The Kier molecular flexibility index (Phi) is 4.95. The number of hydrogen-bond donors (Lipinski definition) is 1. The van der Waals surface area contributed by atoms with Gasteiger partial charge in [-0.15, -0.1) is 0 Å². The Morgan fingerprint density at radius 1 is 1.24 bits per heavy atom. The van der Waals surface area contributed by atoms with Gasteiger partial charge < -0.3 is 15.0 Å². The third kappa shape index (κ3) is 3.77. The molecule has 2 aromatic carbocycles. The van der Waals surface area contributed by atoms with Crippen LogP contribution in [-0.2, 0) is 9.59 Å². The number of ether oxygens (including phenoxy) is 1. The highest BCUT2D eigenvalue weighted by Gasteiger charge is 2.35. The van der Waals surface area contributed by atoms with E-state index in [9.17, 15) is 9.59 Å². The van der Waals surface area contributed by atoms with E-state index in [0.717, 1.165) is 17.0 Å². The first-order valence-corrected chi connectivity index (χ1v) is 8.37. The van der Waals surface area contributed by atoms with Gasteiger partial charge in [-0.25, -0.2) is 0 Å². The summed E-state index contributed by atoms with van der Waals surface area (Å²) in [5.74, 6) is 0.0944. The molecule has 2 amide bonds. The standard InChI is InChI=1S/C19H19ClN2O3/c1-12-3-4-14(20)10-17(12)21-19(24)13-9-18(23)22(11-13)15-5-7-16(25-2)8-6-15/h3-8,10,13H,9,11H2,1-2H3,(H,21,24)/t13-/m0/s1. The van der Waals surface area contributed by atoms with Crippen molar-refractivity contribution in [2.45, 2.75) is 13.3 Å². The molecule has 0 saturated carbocycles. The zero-order valence-electron chi connectivity index (χ0n) is 14.1. The Morgan fingerprint density at radius 3 is 2.64 bits per heavy atom. The molecule has 1 heterocycles. The minimum Gasteiger partial charge on any atom is -0.497 e. The number of benzene rings is 2. The lowest BCUT2D eigenvalue weighted by Gasteiger charge is -2.17. The largest absolute Gasteiger partial charge is 0.497 e. The minimum absolute atomic E-state index is 0.0619. The van der Waals surface area contributed by atoms with Crippen molar-refractivity contribution >= 4 is 34.8 Å². The average Bonchev–Trinajstić information content (AvgIpc) is 3.00. The smallest absolute Gasteiger partial charge is 0.229 e. The van der Waals surface area contributed by atoms with E-state index >= 15 is 0 Å². The summed E-state index contributed by atoms with van der Waals surface area (Å²) in [7, 11) is 1.59. The van der Waals surface area contributed by atoms with Crippen molar-refractivity contribution in [1.82, 2.24) is 0 Å². The number of methoxy groups -OCH3 is 1. The number of rotatable bonds is 4. The van der Waals surface area contributed by atoms with E-state index in [1.165, 1.54) is 0 Å². The normalized spacial score (nSPS) is 16.8. The SMILES string of the molecule is COc1ccc(N2C[C@@H](C(=O)Nc3cc(Cl)ccc3C)CC2=O)cc1. The summed E-state index contributed by atoms with van der Waals surface area (Å²) in [6.45, 7) is 2.26. The van der Waals surface area contributed by atoms with Crippen LogP contribution in [0.15, 0.2) is 42.5 Å². The minimum atomic E-state index is -0.395. The summed E-state index contributed by atoms with van der Waals surface area (Å²) in [5, 5.41) is 3.44. The van der Waals surface area contributed by atoms with Gasteiger partial charge in [0.05, 0.1) is 13.0 Å². The molecule has 0 aliphatic carbocycles. The summed E-state index contributed by atoms with van der Waals surface area (Å²) in [6, 6.07) is 12.6. The van der Waals surface area contributed by atoms with Crippen molar-refractivity contribution in [3.63, 3.8) is 0 Å². The van der Waals surface area contributed by atoms with Gasteiger partial charge in [-0.2, -0.15) is 0 Å². The first kappa shape index (κ1) is 17.3. The molecule has 1 N–H and O–H groups in total. The molecule has 1 atom stereocenters. The Hall–Kier alpha value is -2.53. The summed E-state index contributed by atoms with van der Waals surface area (Å²) in [6.07, 6.45) is 0.192. The van der Waals surface area contributed by atoms with Gasteiger partial charge in [0.15, 0.2) is 0 Å². The topological polar surface area (TPSA) is 58.6 Å². The molecule has 0 unspecified atom stereocenters. The molecule has 0 radical (unpaired) electrons. The third-order valence-electron chi connectivity index (χ3n) is 4.34. The molecule has 0 aromatic heterocycles. The van der Waals surface area contributed by atoms with E-state index in [-0.39, 0.29) is 18.2 Å². The van der Waals surface area contributed by atoms with Crippen LogP contribution < -0.4 is 15.0 Å². The fourth-order valence-electron chi connectivity index (χ4n) is 2.86. The van der Waals surface area contributed by atoms with E-state index in [1.807, 2.05) is 25.1 Å². The van der Waals surface area contributed by atoms with Crippen molar-refractivity contribution in [2.75, 3.05) is 23.9 Å². The number of anilines is 2. The Labute approximate surface area is 151 Å². The molecule has 6 heteroatoms. The van der Waals surface area contributed by atoms with Crippen LogP contribution in [0.3, 0.4) is 0 Å². The molecule has 3 rings (SSSR count). The van der Waals surface area contributed by atoms with Gasteiger partial charge in [-0.1, -0.05) is 17.7 Å². The molecule has 1 aliphatic heterocycles. The van der Waals surface area contributed by atoms with Crippen LogP contribution in [-0.4, -0.2) is 25.5 Å². The molecule has 130 valence electrons. The van der Waals surface area contributed by atoms with Crippen molar-refractivity contribution in [3.05, 3.63) is 53.1 Å². The highest BCUT2D eigenvalue weighted by Crippen LogP contribution is 2.28. The zero-order chi connectivity index (χ0) is 18.0. The summed E-state index contributed by atoms with van der Waals surface area (Å²) in [4.78, 5) is 26.5. The summed E-state index contributed by atoms with van der Waals surface area (Å²) in [5.41, 5.74) is 2.36. The molecule has 1 saturated heterocycles. The number of amides is 2. The summed E-state index contributed by atoms with van der Waals surface area (Å²) < 4.78 is 5.13. The maximum atomic E-state index is 12.5. The van der Waals surface area contributed by atoms with Crippen LogP contribution in [0.4, 0.5) is 11.4 Å². The molecule has 1 fully saturated rings. The predicted molar refractivity (Wildman–Crippen MR) is 98.3 cm³/mol. The Morgan fingerprint density at radius 2 is 1.96 bits per heavy atom. The molecular weight excluding hydrogens is 340 g/mol. The number of nitrogens with zero attached hydrogens (tertiary/aromatic N) is 1. The van der Waals surface area contributed by atoms with Crippen LogP contribution in [0, 0.1) is 12.8 Å². The van der Waals surface area contributed by atoms with Crippen LogP contribution in [0.1, 0.15) is 12.0 Å². The lowest BCUT2D eigenvalue weighted by molar-refractivity contribution is -0.122. The molecule has 2 aromatic rings. The van der Waals surface area contributed by atoms with Gasteiger partial charge in [-0.3, -0.25) is 9.59 Å². The number of hydrogen-bond acceptors (Lipinski definition) is 3. The third-order valence-corrected chi connectivity index (χ3v) is 4.57. The van der Waals surface area contributed by atoms with Crippen LogP contribution in [0.5, 0.6) is 5.75 Å². The molecule has 0 spiro atoms. The molecule has 25 heavy (non-hydrogen) atoms.